The predicted molar refractivity (Wildman–Crippen MR) is 59.7 cm³/mol. The van der Waals surface area contributed by atoms with Crippen LogP contribution in [-0.2, 0) is 16.1 Å². The van der Waals surface area contributed by atoms with Gasteiger partial charge in [-0.25, -0.2) is 4.79 Å². The van der Waals surface area contributed by atoms with Crippen molar-refractivity contribution in [3.8, 4) is 0 Å². The van der Waals surface area contributed by atoms with Crippen molar-refractivity contribution in [2.75, 3.05) is 0 Å². The zero-order valence-electron chi connectivity index (χ0n) is 9.72. The molecular weight excluding hydrogens is 238 g/mol. The van der Waals surface area contributed by atoms with E-state index in [4.69, 9.17) is 9.52 Å². The highest BCUT2D eigenvalue weighted by Crippen LogP contribution is 2.17. The lowest BCUT2D eigenvalue weighted by Gasteiger charge is -2.16. The van der Waals surface area contributed by atoms with E-state index in [9.17, 15) is 14.4 Å². The van der Waals surface area contributed by atoms with E-state index < -0.39 is 5.97 Å². The van der Waals surface area contributed by atoms with Gasteiger partial charge in [-0.1, -0.05) is 0 Å². The molecule has 0 unspecified atom stereocenters. The fourth-order valence-electron chi connectivity index (χ4n) is 1.87. The van der Waals surface area contributed by atoms with Crippen LogP contribution in [0.3, 0.4) is 0 Å². The Hall–Kier alpha value is -2.11. The number of imide groups is 1. The van der Waals surface area contributed by atoms with E-state index in [1.165, 1.54) is 6.07 Å². The number of nitrogens with zero attached hydrogens (tertiary/aromatic N) is 1. The van der Waals surface area contributed by atoms with Gasteiger partial charge in [0, 0.05) is 12.8 Å². The average molecular weight is 251 g/mol. The fraction of sp³-hybridized carbons (Fsp3) is 0.417. The molecule has 0 spiro atoms. The quantitative estimate of drug-likeness (QED) is 0.820. The van der Waals surface area contributed by atoms with Gasteiger partial charge >= 0.3 is 5.97 Å². The van der Waals surface area contributed by atoms with E-state index in [-0.39, 0.29) is 23.9 Å². The minimum absolute atomic E-state index is 0.00491. The third kappa shape index (κ3) is 2.58. The molecule has 6 nitrogen and oxygen atoms in total. The number of rotatable bonds is 3. The van der Waals surface area contributed by atoms with Gasteiger partial charge in [0.25, 0.3) is 0 Å². The first-order valence-corrected chi connectivity index (χ1v) is 5.72. The summed E-state index contributed by atoms with van der Waals surface area (Å²) in [6.07, 6.45) is 3.21. The molecule has 1 aliphatic heterocycles. The minimum atomic E-state index is -1.10. The minimum Gasteiger partial charge on any atom is -0.478 e. The number of carboxylic acids is 1. The van der Waals surface area contributed by atoms with E-state index >= 15 is 0 Å². The van der Waals surface area contributed by atoms with Crippen LogP contribution in [0.2, 0.25) is 0 Å². The van der Waals surface area contributed by atoms with Crippen LogP contribution < -0.4 is 0 Å². The van der Waals surface area contributed by atoms with Crippen molar-refractivity contribution in [3.05, 3.63) is 23.7 Å². The Bertz CT molecular complexity index is 472. The van der Waals surface area contributed by atoms with E-state index in [0.29, 0.717) is 31.4 Å². The molecule has 0 bridgehead atoms. The first-order chi connectivity index (χ1) is 8.58. The molecule has 0 saturated carbocycles. The molecule has 1 aliphatic rings. The molecule has 0 aromatic carbocycles. The van der Waals surface area contributed by atoms with Crippen LogP contribution in [0.25, 0.3) is 0 Å². The fourth-order valence-corrected chi connectivity index (χ4v) is 1.87. The Balaban J connectivity index is 2.12. The van der Waals surface area contributed by atoms with Crippen LogP contribution >= 0.6 is 0 Å². The van der Waals surface area contributed by atoms with E-state index in [0.717, 1.165) is 11.2 Å². The lowest BCUT2D eigenvalue weighted by Crippen LogP contribution is -2.34. The van der Waals surface area contributed by atoms with Crippen molar-refractivity contribution >= 4 is 17.8 Å². The van der Waals surface area contributed by atoms with E-state index in [1.807, 2.05) is 0 Å². The molecule has 1 N–H and O–H groups in total. The van der Waals surface area contributed by atoms with Crippen LogP contribution in [0.4, 0.5) is 0 Å². The maximum atomic E-state index is 11.7. The molecule has 2 amide bonds. The summed E-state index contributed by atoms with van der Waals surface area (Å²) < 4.78 is 5.04. The van der Waals surface area contributed by atoms with Crippen molar-refractivity contribution in [3.63, 3.8) is 0 Å². The molecule has 0 aliphatic carbocycles. The Morgan fingerprint density at radius 1 is 1.28 bits per heavy atom. The summed E-state index contributed by atoms with van der Waals surface area (Å²) in [4.78, 5) is 35.3. The van der Waals surface area contributed by atoms with Crippen LogP contribution in [0.5, 0.6) is 0 Å². The number of carbonyl (C=O) groups excluding carboxylic acids is 2. The number of hydrogen-bond donors (Lipinski definition) is 1. The van der Waals surface area contributed by atoms with Gasteiger partial charge in [0.05, 0.1) is 12.1 Å². The van der Waals surface area contributed by atoms with Gasteiger partial charge in [0.15, 0.2) is 0 Å². The standard InChI is InChI=1S/C12H13NO5/c14-10-3-1-2-4-11(15)13(10)6-9-5-8(7-18-9)12(16)17/h5,7H,1-4,6H2,(H,16,17). The second kappa shape index (κ2) is 5.03. The second-order valence-corrected chi connectivity index (χ2v) is 4.19. The third-order valence-electron chi connectivity index (χ3n) is 2.85. The summed E-state index contributed by atoms with van der Waals surface area (Å²) in [5.74, 6) is -1.26. The molecule has 0 radical (unpaired) electrons. The monoisotopic (exact) mass is 251 g/mol. The van der Waals surface area contributed by atoms with Gasteiger partial charge in [-0.2, -0.15) is 0 Å². The Morgan fingerprint density at radius 3 is 2.39 bits per heavy atom. The normalized spacial score (nSPS) is 16.8. The largest absolute Gasteiger partial charge is 0.478 e. The first-order valence-electron chi connectivity index (χ1n) is 5.72. The van der Waals surface area contributed by atoms with Crippen molar-refractivity contribution in [1.29, 1.82) is 0 Å². The summed E-state index contributed by atoms with van der Waals surface area (Å²) in [6.45, 7) is 0.00491. The number of carbonyl (C=O) groups is 3. The number of hydrogen-bond acceptors (Lipinski definition) is 4. The van der Waals surface area contributed by atoms with Gasteiger partial charge in [-0.3, -0.25) is 14.5 Å². The molecule has 6 heteroatoms. The van der Waals surface area contributed by atoms with Crippen LogP contribution in [0.15, 0.2) is 16.7 Å². The molecule has 1 aromatic heterocycles. The Labute approximate surface area is 103 Å². The van der Waals surface area contributed by atoms with Crippen molar-refractivity contribution < 1.29 is 23.9 Å². The van der Waals surface area contributed by atoms with Crippen LogP contribution in [0, 0.1) is 0 Å². The lowest BCUT2D eigenvalue weighted by atomic mass is 10.2. The third-order valence-corrected chi connectivity index (χ3v) is 2.85. The van der Waals surface area contributed by atoms with Gasteiger partial charge in [0.2, 0.25) is 11.8 Å². The number of likely N-dealkylation sites (tertiary alicyclic amines) is 1. The van der Waals surface area contributed by atoms with Gasteiger partial charge < -0.3 is 9.52 Å². The molecular formula is C12H13NO5. The molecule has 96 valence electrons. The first kappa shape index (κ1) is 12.3. The predicted octanol–water partition coefficient (Wildman–Crippen LogP) is 1.41. The van der Waals surface area contributed by atoms with E-state index in [1.54, 1.807) is 0 Å². The maximum absolute atomic E-state index is 11.7. The zero-order chi connectivity index (χ0) is 13.1. The molecule has 1 aromatic rings. The van der Waals surface area contributed by atoms with Gasteiger partial charge in [0.1, 0.15) is 12.0 Å². The number of amides is 2. The topological polar surface area (TPSA) is 87.8 Å². The molecule has 1 saturated heterocycles. The van der Waals surface area contributed by atoms with Crippen molar-refractivity contribution in [2.24, 2.45) is 0 Å². The molecule has 2 rings (SSSR count). The Morgan fingerprint density at radius 2 is 1.89 bits per heavy atom. The highest BCUT2D eigenvalue weighted by atomic mass is 16.4. The Kier molecular flexibility index (Phi) is 3.45. The summed E-state index contributed by atoms with van der Waals surface area (Å²) in [5, 5.41) is 8.75. The highest BCUT2D eigenvalue weighted by molar-refractivity contribution is 5.96. The number of aromatic carboxylic acids is 1. The van der Waals surface area contributed by atoms with E-state index in [2.05, 4.69) is 0 Å². The molecule has 1 fully saturated rings. The van der Waals surface area contributed by atoms with Crippen LogP contribution in [-0.4, -0.2) is 27.8 Å². The second-order valence-electron chi connectivity index (χ2n) is 4.19. The molecule has 0 atom stereocenters. The van der Waals surface area contributed by atoms with Gasteiger partial charge in [-0.05, 0) is 18.9 Å². The van der Waals surface area contributed by atoms with Gasteiger partial charge in [-0.15, -0.1) is 0 Å². The summed E-state index contributed by atoms with van der Waals surface area (Å²) in [7, 11) is 0. The summed E-state index contributed by atoms with van der Waals surface area (Å²) >= 11 is 0. The zero-order valence-corrected chi connectivity index (χ0v) is 9.72. The lowest BCUT2D eigenvalue weighted by molar-refractivity contribution is -0.144. The molecule has 18 heavy (non-hydrogen) atoms. The summed E-state index contributed by atoms with van der Waals surface area (Å²) in [6, 6.07) is 1.33. The number of carboxylic acid groups (broad SMARTS) is 1. The highest BCUT2D eigenvalue weighted by Gasteiger charge is 2.25. The van der Waals surface area contributed by atoms with Crippen molar-refractivity contribution in [2.45, 2.75) is 32.2 Å². The summed E-state index contributed by atoms with van der Waals surface area (Å²) in [5.41, 5.74) is 0.0136. The average Bonchev–Trinajstić information content (AvgIpc) is 2.73. The number of furan rings is 1. The van der Waals surface area contributed by atoms with Crippen molar-refractivity contribution in [1.82, 2.24) is 4.90 Å². The molecule has 2 heterocycles. The smallest absolute Gasteiger partial charge is 0.338 e. The SMILES string of the molecule is O=C(O)c1coc(CN2C(=O)CCCCC2=O)c1. The maximum Gasteiger partial charge on any atom is 0.338 e. The van der Waals surface area contributed by atoms with Crippen LogP contribution in [0.1, 0.15) is 41.8 Å².